The minimum Gasteiger partial charge on any atom is -0.357 e. The van der Waals surface area contributed by atoms with Crippen LogP contribution in [0.2, 0.25) is 0 Å². The molecule has 1 aliphatic rings. The lowest BCUT2D eigenvalue weighted by atomic mass is 10.3. The molecular formula is C18H27N5. The van der Waals surface area contributed by atoms with Crippen molar-refractivity contribution in [2.24, 2.45) is 4.99 Å². The largest absolute Gasteiger partial charge is 0.357 e. The zero-order valence-corrected chi connectivity index (χ0v) is 14.3. The highest BCUT2D eigenvalue weighted by atomic mass is 15.3. The summed E-state index contributed by atoms with van der Waals surface area (Å²) < 4.78 is 2.30. The van der Waals surface area contributed by atoms with E-state index in [4.69, 9.17) is 4.99 Å². The molecule has 2 aromatic rings. The van der Waals surface area contributed by atoms with E-state index in [2.05, 4.69) is 51.8 Å². The van der Waals surface area contributed by atoms with Crippen LogP contribution in [0.3, 0.4) is 0 Å². The first-order valence-corrected chi connectivity index (χ1v) is 8.74. The number of aliphatic imine (C=N–C) groups is 1. The number of fused-ring (bicyclic) bond motifs is 1. The van der Waals surface area contributed by atoms with Crippen LogP contribution in [0.4, 0.5) is 0 Å². The number of aryl methyl sites for hydroxylation is 2. The Morgan fingerprint density at radius 2 is 2.04 bits per heavy atom. The molecule has 0 radical (unpaired) electrons. The van der Waals surface area contributed by atoms with Crippen molar-refractivity contribution in [3.63, 3.8) is 0 Å². The predicted octanol–water partition coefficient (Wildman–Crippen LogP) is 2.80. The van der Waals surface area contributed by atoms with E-state index in [9.17, 15) is 0 Å². The van der Waals surface area contributed by atoms with Gasteiger partial charge in [-0.05, 0) is 45.2 Å². The Kier molecular flexibility index (Phi) is 5.16. The number of aromatic nitrogens is 2. The Morgan fingerprint density at radius 1 is 1.26 bits per heavy atom. The SMILES string of the molecule is CCNC(=NCCCn1c(C)nc2ccccc21)N1CCCC1. The van der Waals surface area contributed by atoms with E-state index in [1.165, 1.54) is 18.4 Å². The molecule has 1 fully saturated rings. The van der Waals surface area contributed by atoms with Crippen LogP contribution in [0.5, 0.6) is 0 Å². The lowest BCUT2D eigenvalue weighted by molar-refractivity contribution is 0.492. The second-order valence-corrected chi connectivity index (χ2v) is 6.08. The Hall–Kier alpha value is -2.04. The second kappa shape index (κ2) is 7.49. The van der Waals surface area contributed by atoms with Gasteiger partial charge in [0.15, 0.2) is 5.96 Å². The number of hydrogen-bond acceptors (Lipinski definition) is 2. The maximum atomic E-state index is 4.80. The Labute approximate surface area is 138 Å². The normalized spacial score (nSPS) is 15.6. The summed E-state index contributed by atoms with van der Waals surface area (Å²) in [6.45, 7) is 9.24. The molecule has 1 N–H and O–H groups in total. The summed E-state index contributed by atoms with van der Waals surface area (Å²) in [5.41, 5.74) is 2.30. The van der Waals surface area contributed by atoms with Crippen LogP contribution < -0.4 is 5.32 Å². The Balaban J connectivity index is 1.61. The standard InChI is InChI=1S/C18H27N5/c1-3-19-18(22-12-6-7-13-22)20-11-8-14-23-15(2)21-16-9-4-5-10-17(16)23/h4-5,9-10H,3,6-8,11-14H2,1-2H3,(H,19,20). The third kappa shape index (κ3) is 3.66. The molecule has 2 heterocycles. The third-order valence-electron chi connectivity index (χ3n) is 4.39. The van der Waals surface area contributed by atoms with E-state index in [-0.39, 0.29) is 0 Å². The third-order valence-corrected chi connectivity index (χ3v) is 4.39. The van der Waals surface area contributed by atoms with Gasteiger partial charge in [0, 0.05) is 32.7 Å². The van der Waals surface area contributed by atoms with Gasteiger partial charge in [-0.1, -0.05) is 12.1 Å². The summed E-state index contributed by atoms with van der Waals surface area (Å²) in [5.74, 6) is 2.17. The van der Waals surface area contributed by atoms with Gasteiger partial charge >= 0.3 is 0 Å². The molecule has 0 amide bonds. The number of likely N-dealkylation sites (tertiary alicyclic amines) is 1. The summed E-state index contributed by atoms with van der Waals surface area (Å²) in [6.07, 6.45) is 3.60. The van der Waals surface area contributed by atoms with Crippen LogP contribution in [-0.2, 0) is 6.54 Å². The maximum absolute atomic E-state index is 4.80. The second-order valence-electron chi connectivity index (χ2n) is 6.08. The first-order valence-electron chi connectivity index (χ1n) is 8.74. The van der Waals surface area contributed by atoms with Crippen molar-refractivity contribution in [1.82, 2.24) is 19.8 Å². The molecule has 1 aromatic carbocycles. The Morgan fingerprint density at radius 3 is 2.83 bits per heavy atom. The van der Waals surface area contributed by atoms with Gasteiger partial charge < -0.3 is 14.8 Å². The van der Waals surface area contributed by atoms with E-state index in [1.807, 2.05) is 6.07 Å². The van der Waals surface area contributed by atoms with Crippen molar-refractivity contribution in [1.29, 1.82) is 0 Å². The van der Waals surface area contributed by atoms with Crippen LogP contribution in [0.1, 0.15) is 32.0 Å². The summed E-state index contributed by atoms with van der Waals surface area (Å²) >= 11 is 0. The zero-order chi connectivity index (χ0) is 16.1. The van der Waals surface area contributed by atoms with Gasteiger partial charge in [0.1, 0.15) is 5.82 Å². The number of benzene rings is 1. The molecule has 0 aliphatic carbocycles. The highest BCUT2D eigenvalue weighted by Gasteiger charge is 2.15. The highest BCUT2D eigenvalue weighted by molar-refractivity contribution is 5.80. The van der Waals surface area contributed by atoms with Crippen LogP contribution in [0.15, 0.2) is 29.3 Å². The van der Waals surface area contributed by atoms with Crippen molar-refractivity contribution in [2.45, 2.75) is 39.7 Å². The number of guanidine groups is 1. The van der Waals surface area contributed by atoms with Crippen molar-refractivity contribution in [3.8, 4) is 0 Å². The molecule has 0 spiro atoms. The molecule has 0 bridgehead atoms. The zero-order valence-electron chi connectivity index (χ0n) is 14.3. The topological polar surface area (TPSA) is 45.5 Å². The van der Waals surface area contributed by atoms with Crippen LogP contribution in [0, 0.1) is 6.92 Å². The number of nitrogens with zero attached hydrogens (tertiary/aromatic N) is 4. The highest BCUT2D eigenvalue weighted by Crippen LogP contribution is 2.15. The molecule has 1 aliphatic heterocycles. The average Bonchev–Trinajstić information content (AvgIpc) is 3.18. The molecule has 1 saturated heterocycles. The fourth-order valence-electron chi connectivity index (χ4n) is 3.25. The maximum Gasteiger partial charge on any atom is 0.193 e. The van der Waals surface area contributed by atoms with Crippen LogP contribution in [-0.4, -0.2) is 46.6 Å². The number of hydrogen-bond donors (Lipinski definition) is 1. The van der Waals surface area contributed by atoms with Gasteiger partial charge in [-0.2, -0.15) is 0 Å². The molecule has 3 rings (SSSR count). The van der Waals surface area contributed by atoms with E-state index in [0.717, 1.165) is 56.4 Å². The molecule has 5 heteroatoms. The molecule has 23 heavy (non-hydrogen) atoms. The molecule has 1 aromatic heterocycles. The Bertz CT molecular complexity index is 667. The van der Waals surface area contributed by atoms with Crippen molar-refractivity contribution in [2.75, 3.05) is 26.2 Å². The molecule has 0 unspecified atom stereocenters. The molecule has 0 atom stereocenters. The lowest BCUT2D eigenvalue weighted by Gasteiger charge is -2.20. The van der Waals surface area contributed by atoms with E-state index < -0.39 is 0 Å². The first kappa shape index (κ1) is 15.8. The number of para-hydroxylation sites is 2. The average molecular weight is 313 g/mol. The summed E-state index contributed by atoms with van der Waals surface area (Å²) in [5, 5.41) is 3.42. The lowest BCUT2D eigenvalue weighted by Crippen LogP contribution is -2.39. The summed E-state index contributed by atoms with van der Waals surface area (Å²) in [6, 6.07) is 8.34. The van der Waals surface area contributed by atoms with Gasteiger partial charge in [-0.3, -0.25) is 4.99 Å². The number of imidazole rings is 1. The fourth-order valence-corrected chi connectivity index (χ4v) is 3.25. The smallest absolute Gasteiger partial charge is 0.193 e. The van der Waals surface area contributed by atoms with Gasteiger partial charge in [0.05, 0.1) is 11.0 Å². The van der Waals surface area contributed by atoms with Crippen LogP contribution in [0.25, 0.3) is 11.0 Å². The minimum absolute atomic E-state index is 0.852. The van der Waals surface area contributed by atoms with Crippen LogP contribution >= 0.6 is 0 Å². The van der Waals surface area contributed by atoms with Crippen molar-refractivity contribution in [3.05, 3.63) is 30.1 Å². The van der Waals surface area contributed by atoms with Gasteiger partial charge in [-0.25, -0.2) is 4.98 Å². The van der Waals surface area contributed by atoms with Gasteiger partial charge in [-0.15, -0.1) is 0 Å². The van der Waals surface area contributed by atoms with Gasteiger partial charge in [0.2, 0.25) is 0 Å². The fraction of sp³-hybridized carbons (Fsp3) is 0.556. The monoisotopic (exact) mass is 313 g/mol. The predicted molar refractivity (Wildman–Crippen MR) is 95.9 cm³/mol. The molecule has 5 nitrogen and oxygen atoms in total. The molecule has 124 valence electrons. The molecule has 0 saturated carbocycles. The number of nitrogens with one attached hydrogen (secondary N) is 1. The van der Waals surface area contributed by atoms with Gasteiger partial charge in [0.25, 0.3) is 0 Å². The summed E-state index contributed by atoms with van der Waals surface area (Å²) in [7, 11) is 0. The van der Waals surface area contributed by atoms with E-state index >= 15 is 0 Å². The van der Waals surface area contributed by atoms with Crippen molar-refractivity contribution >= 4 is 17.0 Å². The summed E-state index contributed by atoms with van der Waals surface area (Å²) in [4.78, 5) is 11.8. The number of rotatable bonds is 5. The van der Waals surface area contributed by atoms with E-state index in [1.54, 1.807) is 0 Å². The van der Waals surface area contributed by atoms with E-state index in [0.29, 0.717) is 0 Å². The first-order chi connectivity index (χ1) is 11.3. The minimum atomic E-state index is 0.852. The quantitative estimate of drug-likeness (QED) is 0.524. The molecular weight excluding hydrogens is 286 g/mol. The van der Waals surface area contributed by atoms with Crippen molar-refractivity contribution < 1.29 is 0 Å².